The van der Waals surface area contributed by atoms with E-state index >= 15 is 0 Å². The van der Waals surface area contributed by atoms with E-state index in [0.717, 1.165) is 0 Å². The van der Waals surface area contributed by atoms with E-state index in [-0.39, 0.29) is 25.0 Å². The second-order valence-electron chi connectivity index (χ2n) is 6.78. The van der Waals surface area contributed by atoms with Gasteiger partial charge in [0.25, 0.3) is 0 Å². The molecule has 178 valence electrons. The Morgan fingerprint density at radius 1 is 1.06 bits per heavy atom. The number of amides is 4. The summed E-state index contributed by atoms with van der Waals surface area (Å²) in [6, 6.07) is -5.16. The van der Waals surface area contributed by atoms with Crippen LogP contribution < -0.4 is 27.4 Å². The van der Waals surface area contributed by atoms with E-state index in [9.17, 15) is 34.2 Å². The number of aliphatic hydroxyl groups excluding tert-OH is 1. The molecule has 0 aliphatic heterocycles. The van der Waals surface area contributed by atoms with Crippen LogP contribution in [0.15, 0.2) is 12.5 Å². The van der Waals surface area contributed by atoms with Crippen LogP contribution in [-0.4, -0.2) is 86.3 Å². The first-order valence-electron chi connectivity index (χ1n) is 9.45. The van der Waals surface area contributed by atoms with Gasteiger partial charge in [-0.2, -0.15) is 12.6 Å². The summed E-state index contributed by atoms with van der Waals surface area (Å²) in [5, 5.41) is 25.6. The third-order valence-electron chi connectivity index (χ3n) is 4.26. The number of primary amides is 1. The first-order chi connectivity index (χ1) is 15.1. The molecule has 0 aliphatic rings. The first-order valence-corrected chi connectivity index (χ1v) is 10.1. The molecule has 32 heavy (non-hydrogen) atoms. The number of carbonyl (C=O) groups excluding carboxylic acids is 4. The van der Waals surface area contributed by atoms with Crippen LogP contribution in [0.4, 0.5) is 0 Å². The number of nitrogens with two attached hydrogens (primary N) is 2. The van der Waals surface area contributed by atoms with E-state index < -0.39 is 60.4 Å². The van der Waals surface area contributed by atoms with Crippen molar-refractivity contribution < 1.29 is 34.2 Å². The number of aliphatic hydroxyl groups is 1. The lowest BCUT2D eigenvalue weighted by Gasteiger charge is -2.23. The second kappa shape index (κ2) is 13.3. The Bertz CT molecular complexity index is 805. The molecule has 15 heteroatoms. The molecular formula is C17H27N7O7S. The van der Waals surface area contributed by atoms with Crippen molar-refractivity contribution in [3.8, 4) is 0 Å². The van der Waals surface area contributed by atoms with Gasteiger partial charge in [-0.05, 0) is 6.42 Å². The molecule has 0 aliphatic carbocycles. The lowest BCUT2D eigenvalue weighted by atomic mass is 10.1. The van der Waals surface area contributed by atoms with Gasteiger partial charge >= 0.3 is 5.97 Å². The van der Waals surface area contributed by atoms with Gasteiger partial charge in [0.15, 0.2) is 0 Å². The predicted molar refractivity (Wildman–Crippen MR) is 113 cm³/mol. The molecule has 14 nitrogen and oxygen atoms in total. The van der Waals surface area contributed by atoms with E-state index in [4.69, 9.17) is 11.5 Å². The van der Waals surface area contributed by atoms with Gasteiger partial charge in [0, 0.05) is 30.5 Å². The zero-order valence-electron chi connectivity index (χ0n) is 17.0. The Morgan fingerprint density at radius 2 is 1.66 bits per heavy atom. The van der Waals surface area contributed by atoms with Crippen LogP contribution in [-0.2, 0) is 30.4 Å². The number of imidazole rings is 1. The van der Waals surface area contributed by atoms with E-state index in [2.05, 4.69) is 38.5 Å². The molecule has 0 aromatic carbocycles. The molecule has 10 N–H and O–H groups in total. The fourth-order valence-electron chi connectivity index (χ4n) is 2.46. The summed E-state index contributed by atoms with van der Waals surface area (Å²) < 4.78 is 0. The third-order valence-corrected chi connectivity index (χ3v) is 4.63. The zero-order chi connectivity index (χ0) is 24.3. The molecule has 0 bridgehead atoms. The Balaban J connectivity index is 2.70. The van der Waals surface area contributed by atoms with Crippen molar-refractivity contribution in [3.63, 3.8) is 0 Å². The highest BCUT2D eigenvalue weighted by Gasteiger charge is 2.29. The highest BCUT2D eigenvalue weighted by molar-refractivity contribution is 7.80. The summed E-state index contributed by atoms with van der Waals surface area (Å²) >= 11 is 3.98. The Morgan fingerprint density at radius 3 is 2.16 bits per heavy atom. The molecule has 1 aromatic heterocycles. The van der Waals surface area contributed by atoms with Gasteiger partial charge in [0.2, 0.25) is 23.6 Å². The number of H-pyrrole nitrogens is 1. The number of carboxylic acid groups (broad SMARTS) is 1. The van der Waals surface area contributed by atoms with Gasteiger partial charge < -0.3 is 42.6 Å². The summed E-state index contributed by atoms with van der Waals surface area (Å²) in [6.45, 7) is -0.834. The molecule has 1 heterocycles. The number of nitrogens with one attached hydrogen (secondary N) is 4. The summed E-state index contributed by atoms with van der Waals surface area (Å²) in [5.74, 6) is -4.68. The van der Waals surface area contributed by atoms with Gasteiger partial charge in [0.1, 0.15) is 18.1 Å². The number of aromatic amines is 1. The lowest BCUT2D eigenvalue weighted by Crippen LogP contribution is -2.58. The van der Waals surface area contributed by atoms with Crippen molar-refractivity contribution in [1.82, 2.24) is 25.9 Å². The molecule has 0 spiro atoms. The fraction of sp³-hybridized carbons (Fsp3) is 0.529. The van der Waals surface area contributed by atoms with Crippen LogP contribution in [0.25, 0.3) is 0 Å². The topological polar surface area (TPSA) is 243 Å². The normalized spacial score (nSPS) is 14.5. The zero-order valence-corrected chi connectivity index (χ0v) is 17.9. The first kappa shape index (κ1) is 26.9. The third kappa shape index (κ3) is 8.91. The fourth-order valence-corrected chi connectivity index (χ4v) is 2.71. The van der Waals surface area contributed by atoms with Crippen LogP contribution in [0.3, 0.4) is 0 Å². The molecule has 0 saturated heterocycles. The number of hydrogen-bond donors (Lipinski definition) is 9. The number of carbonyl (C=O) groups is 5. The molecular weight excluding hydrogens is 446 g/mol. The van der Waals surface area contributed by atoms with Gasteiger partial charge in [-0.15, -0.1) is 0 Å². The van der Waals surface area contributed by atoms with Crippen LogP contribution in [0.5, 0.6) is 0 Å². The number of thiol groups is 1. The second-order valence-corrected chi connectivity index (χ2v) is 7.14. The van der Waals surface area contributed by atoms with E-state index in [1.165, 1.54) is 12.5 Å². The van der Waals surface area contributed by atoms with Crippen molar-refractivity contribution in [3.05, 3.63) is 18.2 Å². The summed E-state index contributed by atoms with van der Waals surface area (Å²) in [5.41, 5.74) is 11.1. The van der Waals surface area contributed by atoms with E-state index in [0.29, 0.717) is 5.69 Å². The monoisotopic (exact) mass is 473 g/mol. The van der Waals surface area contributed by atoms with Crippen molar-refractivity contribution in [2.45, 2.75) is 43.4 Å². The van der Waals surface area contributed by atoms with Gasteiger partial charge in [0.05, 0.1) is 19.0 Å². The Hall–Kier alpha value is -3.17. The molecule has 1 aromatic rings. The molecule has 4 unspecified atom stereocenters. The van der Waals surface area contributed by atoms with Crippen molar-refractivity contribution >= 4 is 42.2 Å². The minimum Gasteiger partial charge on any atom is -0.480 e. The number of carboxylic acids is 1. The Kier molecular flexibility index (Phi) is 11.2. The van der Waals surface area contributed by atoms with Gasteiger partial charge in [-0.3, -0.25) is 19.2 Å². The molecule has 0 saturated carbocycles. The quantitative estimate of drug-likeness (QED) is 0.119. The predicted octanol–water partition coefficient (Wildman–Crippen LogP) is -3.99. The smallest absolute Gasteiger partial charge is 0.326 e. The van der Waals surface area contributed by atoms with Crippen LogP contribution in [0.2, 0.25) is 0 Å². The number of nitrogens with zero attached hydrogens (tertiary/aromatic N) is 1. The maximum absolute atomic E-state index is 12.4. The molecule has 4 atom stereocenters. The Labute approximate surface area is 188 Å². The lowest BCUT2D eigenvalue weighted by molar-refractivity contribution is -0.142. The minimum atomic E-state index is -1.49. The van der Waals surface area contributed by atoms with Crippen LogP contribution in [0.1, 0.15) is 18.5 Å². The number of aromatic nitrogens is 2. The largest absolute Gasteiger partial charge is 0.480 e. The van der Waals surface area contributed by atoms with Crippen molar-refractivity contribution in [1.29, 1.82) is 0 Å². The standard InChI is InChI=1S/C17H27N7O7S/c18-9(1-2-13(19)26)14(27)24-12(6-32)16(29)23-11(5-25)15(28)22-10(17(30)31)3-8-4-20-7-21-8/h4,7,9-12,25,32H,1-3,5-6,18H2,(H2,19,26)(H,20,21)(H,22,28)(H,23,29)(H,24,27)(H,30,31). The SMILES string of the molecule is NC(=O)CCC(N)C(=O)NC(CS)C(=O)NC(CO)C(=O)NC(Cc1cnc[nH]1)C(=O)O. The van der Waals surface area contributed by atoms with Crippen LogP contribution in [0, 0.1) is 0 Å². The molecule has 1 rings (SSSR count). The maximum atomic E-state index is 12.4. The van der Waals surface area contributed by atoms with Gasteiger partial charge in [-0.1, -0.05) is 0 Å². The van der Waals surface area contributed by atoms with E-state index in [1.54, 1.807) is 0 Å². The van der Waals surface area contributed by atoms with Crippen molar-refractivity contribution in [2.24, 2.45) is 11.5 Å². The maximum Gasteiger partial charge on any atom is 0.326 e. The molecule has 0 fully saturated rings. The number of rotatable bonds is 14. The summed E-state index contributed by atoms with van der Waals surface area (Å²) in [6.07, 6.45) is 2.48. The average Bonchev–Trinajstić information content (AvgIpc) is 3.25. The van der Waals surface area contributed by atoms with Gasteiger partial charge in [-0.25, -0.2) is 9.78 Å². The molecule has 0 radical (unpaired) electrons. The number of hydrogen-bond acceptors (Lipinski definition) is 9. The van der Waals surface area contributed by atoms with E-state index in [1.807, 2.05) is 0 Å². The highest BCUT2D eigenvalue weighted by atomic mass is 32.1. The summed E-state index contributed by atoms with van der Waals surface area (Å²) in [4.78, 5) is 65.6. The van der Waals surface area contributed by atoms with Crippen LogP contribution >= 0.6 is 12.6 Å². The molecule has 4 amide bonds. The average molecular weight is 474 g/mol. The van der Waals surface area contributed by atoms with Crippen molar-refractivity contribution in [2.75, 3.05) is 12.4 Å². The summed E-state index contributed by atoms with van der Waals surface area (Å²) in [7, 11) is 0. The minimum absolute atomic E-state index is 0.0311. The highest BCUT2D eigenvalue weighted by Crippen LogP contribution is 2.01. The number of aliphatic carboxylic acids is 1.